The summed E-state index contributed by atoms with van der Waals surface area (Å²) in [7, 11) is 0. The Hall–Kier alpha value is -2.77. The fourth-order valence-electron chi connectivity index (χ4n) is 4.41. The van der Waals surface area contributed by atoms with Crippen LogP contribution in [0.5, 0.6) is 0 Å². The number of hydrogen-bond acceptors (Lipinski definition) is 5. The van der Waals surface area contributed by atoms with Gasteiger partial charge in [-0.25, -0.2) is 4.98 Å². The molecule has 0 saturated carbocycles. The van der Waals surface area contributed by atoms with Gasteiger partial charge >= 0.3 is 0 Å². The first-order chi connectivity index (χ1) is 14.6. The number of likely N-dealkylation sites (tertiary alicyclic amines) is 1. The predicted octanol–water partition coefficient (Wildman–Crippen LogP) is 3.85. The van der Waals surface area contributed by atoms with Gasteiger partial charge in [-0.2, -0.15) is 0 Å². The van der Waals surface area contributed by atoms with Gasteiger partial charge in [-0.05, 0) is 57.1 Å². The maximum atomic E-state index is 13.3. The zero-order valence-electron chi connectivity index (χ0n) is 16.9. The van der Waals surface area contributed by atoms with Crippen LogP contribution in [0.3, 0.4) is 0 Å². The molecule has 0 spiro atoms. The van der Waals surface area contributed by atoms with Crippen LogP contribution in [0.15, 0.2) is 48.5 Å². The number of nitrogens with zero attached hydrogens (tertiary/aromatic N) is 3. The van der Waals surface area contributed by atoms with Gasteiger partial charge < -0.3 is 5.32 Å². The number of nitrogens with one attached hydrogen (secondary N) is 1. The summed E-state index contributed by atoms with van der Waals surface area (Å²) in [6, 6.07) is 15.5. The summed E-state index contributed by atoms with van der Waals surface area (Å²) < 4.78 is 1.24. The number of piperidine rings is 1. The van der Waals surface area contributed by atoms with Crippen LogP contribution in [0.2, 0.25) is 0 Å². The average Bonchev–Trinajstić information content (AvgIpc) is 3.22. The SMILES string of the molecule is C[C@H](C(=O)N1CC(=O)Nc2ccccc21)N1CCC(c2nc3ccccc3s2)CC1. The van der Waals surface area contributed by atoms with Gasteiger partial charge in [0.05, 0.1) is 32.6 Å². The van der Waals surface area contributed by atoms with Crippen molar-refractivity contribution in [1.82, 2.24) is 9.88 Å². The molecule has 7 heteroatoms. The van der Waals surface area contributed by atoms with Gasteiger partial charge in [0.2, 0.25) is 11.8 Å². The molecule has 5 rings (SSSR count). The third-order valence-electron chi connectivity index (χ3n) is 6.13. The highest BCUT2D eigenvalue weighted by Gasteiger charge is 2.34. The molecule has 0 radical (unpaired) electrons. The zero-order valence-corrected chi connectivity index (χ0v) is 17.7. The second kappa shape index (κ2) is 7.81. The van der Waals surface area contributed by atoms with Crippen molar-refractivity contribution in [2.45, 2.75) is 31.7 Å². The van der Waals surface area contributed by atoms with E-state index in [-0.39, 0.29) is 24.4 Å². The number of hydrogen-bond donors (Lipinski definition) is 1. The molecule has 3 heterocycles. The molecule has 2 aliphatic heterocycles. The Kier molecular flexibility index (Phi) is 5.00. The van der Waals surface area contributed by atoms with E-state index in [0.717, 1.165) is 37.1 Å². The van der Waals surface area contributed by atoms with Crippen LogP contribution in [0.4, 0.5) is 11.4 Å². The van der Waals surface area contributed by atoms with Crippen molar-refractivity contribution >= 4 is 44.7 Å². The van der Waals surface area contributed by atoms with Crippen LogP contribution < -0.4 is 10.2 Å². The predicted molar refractivity (Wildman–Crippen MR) is 120 cm³/mol. The van der Waals surface area contributed by atoms with Gasteiger partial charge in [-0.3, -0.25) is 19.4 Å². The molecule has 2 aliphatic rings. The Morgan fingerprint density at radius 1 is 1.13 bits per heavy atom. The Labute approximate surface area is 179 Å². The molecular weight excluding hydrogens is 396 g/mol. The minimum absolute atomic E-state index is 0.0178. The van der Waals surface area contributed by atoms with E-state index in [2.05, 4.69) is 28.4 Å². The summed E-state index contributed by atoms with van der Waals surface area (Å²) in [6.45, 7) is 3.74. The highest BCUT2D eigenvalue weighted by Crippen LogP contribution is 2.35. The monoisotopic (exact) mass is 420 g/mol. The standard InChI is InChI=1S/C23H24N4O2S/c1-15(23(29)27-14-21(28)24-17-6-2-4-8-19(17)27)26-12-10-16(11-13-26)22-25-18-7-3-5-9-20(18)30-22/h2-9,15-16H,10-14H2,1H3,(H,24,28)/t15-/m1/s1. The maximum Gasteiger partial charge on any atom is 0.244 e. The topological polar surface area (TPSA) is 65.5 Å². The molecule has 6 nitrogen and oxygen atoms in total. The number of aromatic nitrogens is 1. The van der Waals surface area contributed by atoms with E-state index in [1.54, 1.807) is 16.2 Å². The van der Waals surface area contributed by atoms with Crippen molar-refractivity contribution in [1.29, 1.82) is 0 Å². The molecule has 1 fully saturated rings. The van der Waals surface area contributed by atoms with Gasteiger partial charge in [0, 0.05) is 5.92 Å². The van der Waals surface area contributed by atoms with Crippen molar-refractivity contribution in [3.05, 3.63) is 53.5 Å². The van der Waals surface area contributed by atoms with Crippen molar-refractivity contribution in [2.75, 3.05) is 29.9 Å². The Morgan fingerprint density at radius 3 is 2.67 bits per heavy atom. The number of rotatable bonds is 3. The summed E-state index contributed by atoms with van der Waals surface area (Å²) in [6.07, 6.45) is 1.99. The molecule has 1 aromatic heterocycles. The maximum absolute atomic E-state index is 13.3. The summed E-state index contributed by atoms with van der Waals surface area (Å²) in [5.41, 5.74) is 2.55. The van der Waals surface area contributed by atoms with Crippen molar-refractivity contribution in [3.63, 3.8) is 0 Å². The van der Waals surface area contributed by atoms with E-state index < -0.39 is 0 Å². The molecule has 2 amide bonds. The molecule has 154 valence electrons. The summed E-state index contributed by atoms with van der Waals surface area (Å²) >= 11 is 1.79. The lowest BCUT2D eigenvalue weighted by Crippen LogP contribution is -2.52. The van der Waals surface area contributed by atoms with E-state index in [1.165, 1.54) is 9.71 Å². The van der Waals surface area contributed by atoms with E-state index >= 15 is 0 Å². The second-order valence-corrected chi connectivity index (χ2v) is 9.06. The fourth-order valence-corrected chi connectivity index (χ4v) is 5.55. The first-order valence-corrected chi connectivity index (χ1v) is 11.2. The third kappa shape index (κ3) is 3.48. The average molecular weight is 421 g/mol. The highest BCUT2D eigenvalue weighted by molar-refractivity contribution is 7.18. The minimum Gasteiger partial charge on any atom is -0.323 e. The van der Waals surface area contributed by atoms with Crippen LogP contribution >= 0.6 is 11.3 Å². The molecule has 0 unspecified atom stereocenters. The molecule has 3 aromatic rings. The number of benzene rings is 2. The van der Waals surface area contributed by atoms with Gasteiger partial charge in [0.15, 0.2) is 0 Å². The number of carbonyl (C=O) groups is 2. The molecule has 0 aliphatic carbocycles. The van der Waals surface area contributed by atoms with Crippen molar-refractivity contribution in [3.8, 4) is 0 Å². The number of fused-ring (bicyclic) bond motifs is 2. The highest BCUT2D eigenvalue weighted by atomic mass is 32.1. The third-order valence-corrected chi connectivity index (χ3v) is 7.33. The summed E-state index contributed by atoms with van der Waals surface area (Å²) in [5, 5.41) is 4.05. The molecular formula is C23H24N4O2S. The molecule has 1 atom stereocenters. The van der Waals surface area contributed by atoms with Crippen LogP contribution in [-0.4, -0.2) is 47.4 Å². The van der Waals surface area contributed by atoms with E-state index in [0.29, 0.717) is 11.6 Å². The molecule has 1 N–H and O–H groups in total. The Bertz CT molecular complexity index is 1070. The van der Waals surface area contributed by atoms with Crippen LogP contribution in [-0.2, 0) is 9.59 Å². The van der Waals surface area contributed by atoms with Crippen molar-refractivity contribution < 1.29 is 9.59 Å². The van der Waals surface area contributed by atoms with Gasteiger partial charge in [-0.15, -0.1) is 11.3 Å². The molecule has 2 aromatic carbocycles. The Balaban J connectivity index is 1.27. The Morgan fingerprint density at radius 2 is 1.87 bits per heavy atom. The van der Waals surface area contributed by atoms with E-state index in [4.69, 9.17) is 4.98 Å². The molecule has 30 heavy (non-hydrogen) atoms. The number of carbonyl (C=O) groups excluding carboxylic acids is 2. The first kappa shape index (κ1) is 19.2. The fraction of sp³-hybridized carbons (Fsp3) is 0.348. The normalized spacial score (nSPS) is 18.8. The van der Waals surface area contributed by atoms with Crippen LogP contribution in [0, 0.1) is 0 Å². The number of amides is 2. The lowest BCUT2D eigenvalue weighted by atomic mass is 9.96. The lowest BCUT2D eigenvalue weighted by molar-refractivity contribution is -0.125. The minimum atomic E-state index is -0.264. The van der Waals surface area contributed by atoms with Crippen LogP contribution in [0.1, 0.15) is 30.7 Å². The number of para-hydroxylation sites is 3. The summed E-state index contributed by atoms with van der Waals surface area (Å²) in [4.78, 5) is 34.0. The number of thiazole rings is 1. The summed E-state index contributed by atoms with van der Waals surface area (Å²) in [5.74, 6) is 0.280. The van der Waals surface area contributed by atoms with E-state index in [1.807, 2.05) is 37.3 Å². The second-order valence-electron chi connectivity index (χ2n) is 8.00. The molecule has 1 saturated heterocycles. The molecule has 0 bridgehead atoms. The quantitative estimate of drug-likeness (QED) is 0.699. The largest absolute Gasteiger partial charge is 0.323 e. The van der Waals surface area contributed by atoms with E-state index in [9.17, 15) is 9.59 Å². The van der Waals surface area contributed by atoms with Crippen molar-refractivity contribution in [2.24, 2.45) is 0 Å². The smallest absolute Gasteiger partial charge is 0.244 e. The number of anilines is 2. The van der Waals surface area contributed by atoms with Gasteiger partial charge in [0.25, 0.3) is 0 Å². The lowest BCUT2D eigenvalue weighted by Gasteiger charge is -2.38. The van der Waals surface area contributed by atoms with Gasteiger partial charge in [0.1, 0.15) is 6.54 Å². The zero-order chi connectivity index (χ0) is 20.7. The van der Waals surface area contributed by atoms with Crippen LogP contribution in [0.25, 0.3) is 10.2 Å². The first-order valence-electron chi connectivity index (χ1n) is 10.4. The van der Waals surface area contributed by atoms with Gasteiger partial charge in [-0.1, -0.05) is 24.3 Å².